The Balaban J connectivity index is 2.80. The molecule has 0 aliphatic rings. The fourth-order valence-corrected chi connectivity index (χ4v) is 1.43. The Kier molecular flexibility index (Phi) is 4.76. The van der Waals surface area contributed by atoms with E-state index >= 15 is 0 Å². The van der Waals surface area contributed by atoms with E-state index in [1.807, 2.05) is 19.0 Å². The van der Waals surface area contributed by atoms with E-state index in [1.165, 1.54) is 24.4 Å². The number of benzene rings is 1. The number of carbonyl (C=O) groups is 1. The lowest BCUT2D eigenvalue weighted by Crippen LogP contribution is -2.14. The molecule has 0 unspecified atom stereocenters. The molecular formula is C11H12BrFN2O. The van der Waals surface area contributed by atoms with Crippen LogP contribution in [0, 0.1) is 5.82 Å². The molecule has 0 N–H and O–H groups in total. The second-order valence-electron chi connectivity index (χ2n) is 3.50. The van der Waals surface area contributed by atoms with Crippen molar-refractivity contribution in [2.45, 2.75) is 0 Å². The smallest absolute Gasteiger partial charge is 0.277 e. The molecule has 16 heavy (non-hydrogen) atoms. The van der Waals surface area contributed by atoms with Crippen molar-refractivity contribution >= 4 is 28.1 Å². The van der Waals surface area contributed by atoms with Crippen LogP contribution in [0.1, 0.15) is 10.4 Å². The molecule has 0 saturated carbocycles. The van der Waals surface area contributed by atoms with Crippen LogP contribution in [-0.2, 0) is 0 Å². The zero-order chi connectivity index (χ0) is 12.1. The third-order valence-corrected chi connectivity index (χ3v) is 2.51. The van der Waals surface area contributed by atoms with Gasteiger partial charge in [0.25, 0.3) is 5.91 Å². The van der Waals surface area contributed by atoms with Crippen molar-refractivity contribution < 1.29 is 9.18 Å². The standard InChI is InChI=1S/C11H12BrFN2O/c1-15(2)6-5-14-11(16)9-7-8(13)3-4-10(9)12/h3-5,7H,6H2,1-2H3. The molecule has 0 aromatic heterocycles. The minimum atomic E-state index is -0.451. The minimum Gasteiger partial charge on any atom is -0.304 e. The first-order valence-corrected chi connectivity index (χ1v) is 5.46. The zero-order valence-corrected chi connectivity index (χ0v) is 10.7. The Labute approximate surface area is 102 Å². The van der Waals surface area contributed by atoms with Crippen LogP contribution >= 0.6 is 15.9 Å². The maximum absolute atomic E-state index is 12.9. The number of hydrogen-bond donors (Lipinski definition) is 0. The van der Waals surface area contributed by atoms with E-state index in [0.717, 1.165) is 0 Å². The summed E-state index contributed by atoms with van der Waals surface area (Å²) in [5.41, 5.74) is 0.231. The molecule has 1 aromatic carbocycles. The van der Waals surface area contributed by atoms with Crippen LogP contribution in [0.2, 0.25) is 0 Å². The summed E-state index contributed by atoms with van der Waals surface area (Å²) in [6, 6.07) is 3.94. The summed E-state index contributed by atoms with van der Waals surface area (Å²) in [5.74, 6) is -0.900. The van der Waals surface area contributed by atoms with Gasteiger partial charge < -0.3 is 4.90 Å². The van der Waals surface area contributed by atoms with Gasteiger partial charge in [0.05, 0.1) is 5.56 Å². The lowest BCUT2D eigenvalue weighted by atomic mass is 10.2. The SMILES string of the molecule is CN(C)CC=NC(=O)c1cc(F)ccc1Br. The molecule has 0 saturated heterocycles. The molecule has 0 heterocycles. The van der Waals surface area contributed by atoms with Gasteiger partial charge in [0.2, 0.25) is 0 Å². The summed E-state index contributed by atoms with van der Waals surface area (Å²) in [7, 11) is 3.74. The number of halogens is 2. The fourth-order valence-electron chi connectivity index (χ4n) is 1.02. The van der Waals surface area contributed by atoms with Crippen molar-refractivity contribution in [2.24, 2.45) is 4.99 Å². The van der Waals surface area contributed by atoms with Crippen LogP contribution in [-0.4, -0.2) is 37.7 Å². The van der Waals surface area contributed by atoms with Gasteiger partial charge in [-0.2, -0.15) is 0 Å². The van der Waals surface area contributed by atoms with Gasteiger partial charge in [0.1, 0.15) is 5.82 Å². The largest absolute Gasteiger partial charge is 0.304 e. The molecule has 0 radical (unpaired) electrons. The number of hydrogen-bond acceptors (Lipinski definition) is 2. The van der Waals surface area contributed by atoms with Crippen LogP contribution in [0.5, 0.6) is 0 Å². The number of carbonyl (C=O) groups excluding carboxylic acids is 1. The van der Waals surface area contributed by atoms with Gasteiger partial charge in [0, 0.05) is 17.2 Å². The van der Waals surface area contributed by atoms with Gasteiger partial charge in [-0.15, -0.1) is 0 Å². The number of amides is 1. The molecular weight excluding hydrogens is 275 g/mol. The van der Waals surface area contributed by atoms with Gasteiger partial charge in [0.15, 0.2) is 0 Å². The molecule has 1 rings (SSSR count). The number of rotatable bonds is 3. The summed E-state index contributed by atoms with van der Waals surface area (Å²) in [6.07, 6.45) is 1.50. The Bertz CT molecular complexity index is 418. The summed E-state index contributed by atoms with van der Waals surface area (Å²) >= 11 is 3.18. The monoisotopic (exact) mass is 286 g/mol. The lowest BCUT2D eigenvalue weighted by molar-refractivity contribution is 0.100. The molecule has 1 aromatic rings. The van der Waals surface area contributed by atoms with Gasteiger partial charge in [-0.3, -0.25) is 4.79 Å². The van der Waals surface area contributed by atoms with Crippen molar-refractivity contribution in [1.29, 1.82) is 0 Å². The maximum atomic E-state index is 12.9. The summed E-state index contributed by atoms with van der Waals surface area (Å²) < 4.78 is 13.5. The predicted octanol–water partition coefficient (Wildman–Crippen LogP) is 2.36. The molecule has 5 heteroatoms. The van der Waals surface area contributed by atoms with E-state index < -0.39 is 11.7 Å². The van der Waals surface area contributed by atoms with Crippen molar-refractivity contribution in [3.05, 3.63) is 34.1 Å². The predicted molar refractivity (Wildman–Crippen MR) is 65.5 cm³/mol. The van der Waals surface area contributed by atoms with E-state index in [4.69, 9.17) is 0 Å². The van der Waals surface area contributed by atoms with Gasteiger partial charge >= 0.3 is 0 Å². The molecule has 0 spiro atoms. The normalized spacial score (nSPS) is 11.3. The Hall–Kier alpha value is -1.07. The van der Waals surface area contributed by atoms with Crippen molar-refractivity contribution in [1.82, 2.24) is 4.90 Å². The maximum Gasteiger partial charge on any atom is 0.277 e. The summed E-state index contributed by atoms with van der Waals surface area (Å²) in [6.45, 7) is 0.568. The van der Waals surface area contributed by atoms with Crippen molar-refractivity contribution in [3.8, 4) is 0 Å². The molecule has 0 fully saturated rings. The molecule has 0 aliphatic carbocycles. The Morgan fingerprint density at radius 1 is 1.56 bits per heavy atom. The van der Waals surface area contributed by atoms with Crippen LogP contribution < -0.4 is 0 Å². The first-order valence-electron chi connectivity index (χ1n) is 4.67. The van der Waals surface area contributed by atoms with E-state index in [2.05, 4.69) is 20.9 Å². The zero-order valence-electron chi connectivity index (χ0n) is 9.08. The molecule has 0 atom stereocenters. The van der Waals surface area contributed by atoms with E-state index in [-0.39, 0.29) is 5.56 Å². The van der Waals surface area contributed by atoms with Crippen LogP contribution in [0.25, 0.3) is 0 Å². The highest BCUT2D eigenvalue weighted by Gasteiger charge is 2.09. The molecule has 0 aliphatic heterocycles. The number of aliphatic imine (C=N–C) groups is 1. The molecule has 3 nitrogen and oxygen atoms in total. The second kappa shape index (κ2) is 5.86. The Morgan fingerprint density at radius 2 is 2.25 bits per heavy atom. The van der Waals surface area contributed by atoms with Crippen molar-refractivity contribution in [2.75, 3.05) is 20.6 Å². The number of nitrogens with zero attached hydrogens (tertiary/aromatic N) is 2. The molecule has 0 bridgehead atoms. The second-order valence-corrected chi connectivity index (χ2v) is 4.36. The highest BCUT2D eigenvalue weighted by Crippen LogP contribution is 2.18. The van der Waals surface area contributed by atoms with Gasteiger partial charge in [-0.05, 0) is 48.2 Å². The van der Waals surface area contributed by atoms with Crippen LogP contribution in [0.15, 0.2) is 27.7 Å². The van der Waals surface area contributed by atoms with Crippen molar-refractivity contribution in [3.63, 3.8) is 0 Å². The molecule has 86 valence electrons. The average Bonchev–Trinajstić information content (AvgIpc) is 2.21. The minimum absolute atomic E-state index is 0.231. The first-order chi connectivity index (χ1) is 7.50. The molecule has 1 amide bonds. The van der Waals surface area contributed by atoms with E-state index in [0.29, 0.717) is 11.0 Å². The summed E-state index contributed by atoms with van der Waals surface area (Å²) in [5, 5.41) is 0. The van der Waals surface area contributed by atoms with Gasteiger partial charge in [-0.25, -0.2) is 9.38 Å². The Morgan fingerprint density at radius 3 is 2.88 bits per heavy atom. The topological polar surface area (TPSA) is 32.7 Å². The lowest BCUT2D eigenvalue weighted by Gasteiger charge is -2.03. The quantitative estimate of drug-likeness (QED) is 0.799. The van der Waals surface area contributed by atoms with E-state index in [1.54, 1.807) is 0 Å². The average molecular weight is 287 g/mol. The third-order valence-electron chi connectivity index (χ3n) is 1.81. The van der Waals surface area contributed by atoms with E-state index in [9.17, 15) is 9.18 Å². The van der Waals surface area contributed by atoms with Gasteiger partial charge in [-0.1, -0.05) is 0 Å². The fraction of sp³-hybridized carbons (Fsp3) is 0.273. The van der Waals surface area contributed by atoms with Crippen LogP contribution in [0.4, 0.5) is 4.39 Å². The summed E-state index contributed by atoms with van der Waals surface area (Å²) in [4.78, 5) is 17.2. The highest BCUT2D eigenvalue weighted by atomic mass is 79.9. The third kappa shape index (κ3) is 3.83. The first kappa shape index (κ1) is 13.0. The highest BCUT2D eigenvalue weighted by molar-refractivity contribution is 9.10. The van der Waals surface area contributed by atoms with Crippen LogP contribution in [0.3, 0.4) is 0 Å².